The van der Waals surface area contributed by atoms with E-state index >= 15 is 0 Å². The van der Waals surface area contributed by atoms with Crippen molar-refractivity contribution in [3.63, 3.8) is 0 Å². The van der Waals surface area contributed by atoms with Gasteiger partial charge in [0.1, 0.15) is 0 Å². The van der Waals surface area contributed by atoms with E-state index in [-0.39, 0.29) is 0 Å². The van der Waals surface area contributed by atoms with E-state index in [1.165, 1.54) is 36.0 Å². The van der Waals surface area contributed by atoms with Crippen molar-refractivity contribution in [3.05, 3.63) is 70.3 Å². The summed E-state index contributed by atoms with van der Waals surface area (Å²) in [6, 6.07) is 16.1. The molecule has 1 nitrogen and oxygen atoms in total. The first-order valence-corrected chi connectivity index (χ1v) is 7.63. The fraction of sp³-hybridized carbons (Fsp3) is 0.368. The molecule has 0 aromatic heterocycles. The lowest BCUT2D eigenvalue weighted by atomic mass is 10.0. The van der Waals surface area contributed by atoms with Crippen molar-refractivity contribution < 1.29 is 0 Å². The number of fused-ring (bicyclic) bond motifs is 1. The summed E-state index contributed by atoms with van der Waals surface area (Å²) in [7, 11) is 0. The molecule has 20 heavy (non-hydrogen) atoms. The summed E-state index contributed by atoms with van der Waals surface area (Å²) in [5.74, 6) is 0. The van der Waals surface area contributed by atoms with Crippen LogP contribution in [-0.4, -0.2) is 0 Å². The molecular weight excluding hydrogens is 242 g/mol. The average Bonchev–Trinajstić information content (AvgIpc) is 2.92. The predicted molar refractivity (Wildman–Crippen MR) is 84.9 cm³/mol. The van der Waals surface area contributed by atoms with Gasteiger partial charge in [0, 0.05) is 12.6 Å². The minimum atomic E-state index is 0.392. The topological polar surface area (TPSA) is 12.0 Å². The van der Waals surface area contributed by atoms with Crippen molar-refractivity contribution in [1.29, 1.82) is 0 Å². The van der Waals surface area contributed by atoms with Crippen LogP contribution in [0.2, 0.25) is 0 Å². The zero-order valence-corrected chi connectivity index (χ0v) is 12.4. The van der Waals surface area contributed by atoms with Gasteiger partial charge in [-0.3, -0.25) is 0 Å². The Morgan fingerprint density at radius 2 is 1.90 bits per heavy atom. The Hall–Kier alpha value is -1.60. The van der Waals surface area contributed by atoms with Crippen LogP contribution >= 0.6 is 0 Å². The van der Waals surface area contributed by atoms with E-state index in [1.807, 2.05) is 0 Å². The molecule has 0 heterocycles. The van der Waals surface area contributed by atoms with Gasteiger partial charge in [-0.25, -0.2) is 0 Å². The molecule has 0 saturated carbocycles. The number of hydrogen-bond acceptors (Lipinski definition) is 1. The Kier molecular flexibility index (Phi) is 3.88. The van der Waals surface area contributed by atoms with Crippen molar-refractivity contribution in [1.82, 2.24) is 5.32 Å². The highest BCUT2D eigenvalue weighted by atomic mass is 14.9. The van der Waals surface area contributed by atoms with Crippen molar-refractivity contribution >= 4 is 0 Å². The number of rotatable bonds is 4. The van der Waals surface area contributed by atoms with Gasteiger partial charge >= 0.3 is 0 Å². The third kappa shape index (κ3) is 2.94. The average molecular weight is 265 g/mol. The van der Waals surface area contributed by atoms with E-state index in [0.717, 1.165) is 6.54 Å². The molecule has 2 aromatic carbocycles. The molecule has 0 saturated heterocycles. The van der Waals surface area contributed by atoms with Crippen molar-refractivity contribution in [2.75, 3.05) is 0 Å². The molecule has 1 atom stereocenters. The van der Waals surface area contributed by atoms with Crippen LogP contribution in [0.25, 0.3) is 0 Å². The minimum absolute atomic E-state index is 0.392. The van der Waals surface area contributed by atoms with Gasteiger partial charge in [0.2, 0.25) is 0 Å². The Morgan fingerprint density at radius 1 is 1.05 bits per heavy atom. The number of benzene rings is 2. The summed E-state index contributed by atoms with van der Waals surface area (Å²) < 4.78 is 0. The molecule has 0 aliphatic heterocycles. The van der Waals surface area contributed by atoms with Gasteiger partial charge in [0.25, 0.3) is 0 Å². The Labute approximate surface area is 122 Å². The first-order chi connectivity index (χ1) is 9.72. The summed E-state index contributed by atoms with van der Waals surface area (Å²) in [5.41, 5.74) is 7.22. The first-order valence-electron chi connectivity index (χ1n) is 7.63. The molecular formula is C19H23N. The molecule has 0 unspecified atom stereocenters. The van der Waals surface area contributed by atoms with Crippen LogP contribution in [0.3, 0.4) is 0 Å². The van der Waals surface area contributed by atoms with E-state index in [2.05, 4.69) is 61.6 Å². The molecule has 2 aromatic rings. The second-order valence-electron chi connectivity index (χ2n) is 5.97. The van der Waals surface area contributed by atoms with E-state index in [1.54, 1.807) is 11.1 Å². The number of nitrogens with one attached hydrogen (secondary N) is 1. The maximum absolute atomic E-state index is 3.63. The zero-order chi connectivity index (χ0) is 13.9. The summed E-state index contributed by atoms with van der Waals surface area (Å²) in [4.78, 5) is 0. The van der Waals surface area contributed by atoms with E-state index in [0.29, 0.717) is 6.04 Å². The van der Waals surface area contributed by atoms with Gasteiger partial charge < -0.3 is 5.32 Å². The molecule has 0 amide bonds. The third-order valence-electron chi connectivity index (χ3n) is 4.32. The summed E-state index contributed by atoms with van der Waals surface area (Å²) in [6.45, 7) is 5.33. The molecule has 1 N–H and O–H groups in total. The highest BCUT2D eigenvalue weighted by Crippen LogP contribution is 2.23. The van der Waals surface area contributed by atoms with Crippen LogP contribution in [0.5, 0.6) is 0 Å². The number of aryl methyl sites for hydroxylation is 3. The summed E-state index contributed by atoms with van der Waals surface area (Å²) in [5, 5.41) is 3.63. The highest BCUT2D eigenvalue weighted by Gasteiger charge is 2.11. The Morgan fingerprint density at radius 3 is 2.75 bits per heavy atom. The second kappa shape index (κ2) is 5.80. The molecule has 0 radical (unpaired) electrons. The molecule has 104 valence electrons. The lowest BCUT2D eigenvalue weighted by Gasteiger charge is -2.15. The quantitative estimate of drug-likeness (QED) is 0.867. The first kappa shape index (κ1) is 13.4. The molecule has 1 heteroatoms. The molecule has 0 spiro atoms. The second-order valence-corrected chi connectivity index (χ2v) is 5.97. The smallest absolute Gasteiger partial charge is 0.0295 e. The van der Waals surface area contributed by atoms with Crippen LogP contribution in [0.1, 0.15) is 47.2 Å². The van der Waals surface area contributed by atoms with E-state index < -0.39 is 0 Å². The zero-order valence-electron chi connectivity index (χ0n) is 12.4. The Balaban J connectivity index is 1.64. The van der Waals surface area contributed by atoms with Gasteiger partial charge in [0.05, 0.1) is 0 Å². The van der Waals surface area contributed by atoms with E-state index in [9.17, 15) is 0 Å². The van der Waals surface area contributed by atoms with Gasteiger partial charge in [0.15, 0.2) is 0 Å². The van der Waals surface area contributed by atoms with Crippen molar-refractivity contribution in [3.8, 4) is 0 Å². The molecule has 1 aliphatic rings. The van der Waals surface area contributed by atoms with Crippen LogP contribution < -0.4 is 5.32 Å². The molecule has 3 rings (SSSR count). The molecule has 1 aliphatic carbocycles. The lowest BCUT2D eigenvalue weighted by Crippen LogP contribution is -2.18. The van der Waals surface area contributed by atoms with Crippen LogP contribution in [-0.2, 0) is 19.4 Å². The van der Waals surface area contributed by atoms with Gasteiger partial charge in [-0.15, -0.1) is 0 Å². The maximum Gasteiger partial charge on any atom is 0.0295 e. The summed E-state index contributed by atoms with van der Waals surface area (Å²) >= 11 is 0. The predicted octanol–water partition coefficient (Wildman–Crippen LogP) is 4.33. The largest absolute Gasteiger partial charge is 0.306 e. The fourth-order valence-electron chi connectivity index (χ4n) is 3.06. The minimum Gasteiger partial charge on any atom is -0.306 e. The number of hydrogen-bond donors (Lipinski definition) is 1. The normalized spacial score (nSPS) is 15.1. The monoisotopic (exact) mass is 265 g/mol. The van der Waals surface area contributed by atoms with Crippen molar-refractivity contribution in [2.24, 2.45) is 0 Å². The standard InChI is InChI=1S/C19H23N/c1-14-5-3-7-18(11-14)15(2)20-13-16-9-10-17-6-4-8-19(17)12-16/h3,5,7,9-12,15,20H,4,6,8,13H2,1-2H3/t15-/m1/s1. The van der Waals surface area contributed by atoms with Crippen LogP contribution in [0.4, 0.5) is 0 Å². The lowest BCUT2D eigenvalue weighted by molar-refractivity contribution is 0.574. The highest BCUT2D eigenvalue weighted by molar-refractivity contribution is 5.35. The van der Waals surface area contributed by atoms with Gasteiger partial charge in [-0.2, -0.15) is 0 Å². The van der Waals surface area contributed by atoms with Gasteiger partial charge in [-0.1, -0.05) is 48.0 Å². The molecule has 0 bridgehead atoms. The SMILES string of the molecule is Cc1cccc([C@@H](C)NCc2ccc3c(c2)CCC3)c1. The Bertz CT molecular complexity index is 600. The molecule has 0 fully saturated rings. The van der Waals surface area contributed by atoms with Crippen LogP contribution in [0.15, 0.2) is 42.5 Å². The van der Waals surface area contributed by atoms with Crippen LogP contribution in [0, 0.1) is 6.92 Å². The van der Waals surface area contributed by atoms with Gasteiger partial charge in [-0.05, 0) is 55.4 Å². The summed E-state index contributed by atoms with van der Waals surface area (Å²) in [6.07, 6.45) is 3.85. The fourth-order valence-corrected chi connectivity index (χ4v) is 3.06. The van der Waals surface area contributed by atoms with Crippen molar-refractivity contribution in [2.45, 2.75) is 45.7 Å². The third-order valence-corrected chi connectivity index (χ3v) is 4.32. The maximum atomic E-state index is 3.63. The van der Waals surface area contributed by atoms with E-state index in [4.69, 9.17) is 0 Å².